The smallest absolute Gasteiger partial charge is 0.269 e. The molecule has 1 atom stereocenters. The highest BCUT2D eigenvalue weighted by atomic mass is 32.1. The Morgan fingerprint density at radius 1 is 1.06 bits per heavy atom. The van der Waals surface area contributed by atoms with E-state index in [9.17, 15) is 14.9 Å². The zero-order valence-corrected chi connectivity index (χ0v) is 20.8. The third-order valence-corrected chi connectivity index (χ3v) is 6.84. The number of fused-ring (bicyclic) bond motifs is 1. The van der Waals surface area contributed by atoms with E-state index in [2.05, 4.69) is 24.5 Å². The minimum absolute atomic E-state index is 0.00516. The topological polar surface area (TPSA) is 87.5 Å². The van der Waals surface area contributed by atoms with Gasteiger partial charge in [0.1, 0.15) is 0 Å². The quantitative estimate of drug-likeness (QED) is 0.239. The summed E-state index contributed by atoms with van der Waals surface area (Å²) < 4.78 is 0. The second kappa shape index (κ2) is 9.20. The maximum absolute atomic E-state index is 13.8. The number of anilines is 3. The first-order chi connectivity index (χ1) is 17.2. The molecule has 3 aromatic carbocycles. The molecule has 0 unspecified atom stereocenters. The molecule has 0 aromatic heterocycles. The summed E-state index contributed by atoms with van der Waals surface area (Å²) >= 11 is 5.95. The largest absolute Gasteiger partial charge is 0.357 e. The van der Waals surface area contributed by atoms with Gasteiger partial charge in [-0.05, 0) is 53.9 Å². The van der Waals surface area contributed by atoms with Crippen molar-refractivity contribution in [2.24, 2.45) is 5.41 Å². The lowest BCUT2D eigenvalue weighted by molar-refractivity contribution is -0.384. The number of carbonyl (C=O) groups excluding carboxylic acids is 1. The molecule has 7 nitrogen and oxygen atoms in total. The average molecular weight is 499 g/mol. The first-order valence-corrected chi connectivity index (χ1v) is 12.2. The number of hydrogen-bond acceptors (Lipinski definition) is 5. The molecule has 1 aliphatic carbocycles. The van der Waals surface area contributed by atoms with Crippen molar-refractivity contribution in [1.29, 1.82) is 0 Å². The molecule has 2 N–H and O–H groups in total. The standard InChI is InChI=1S/C28H26N4O3S/c1-28(2)16-22-25(24(33)17-28)26(18-9-8-12-20(15-18)32(34)35)31(23-14-7-6-13-21(23)30-22)27(36)29-19-10-4-3-5-11-19/h3-15,26,30H,16-17H2,1-2H3,(H,29,36)/t26-/m1/s1. The van der Waals surface area contributed by atoms with Crippen molar-refractivity contribution >= 4 is 45.9 Å². The number of allylic oxidation sites excluding steroid dienone is 1. The zero-order valence-electron chi connectivity index (χ0n) is 20.0. The molecule has 0 fully saturated rings. The summed E-state index contributed by atoms with van der Waals surface area (Å²) in [5.74, 6) is 0.00516. The van der Waals surface area contributed by atoms with Crippen molar-refractivity contribution in [3.05, 3.63) is 106 Å². The van der Waals surface area contributed by atoms with Crippen molar-refractivity contribution in [2.75, 3.05) is 15.5 Å². The van der Waals surface area contributed by atoms with Crippen LogP contribution in [0.2, 0.25) is 0 Å². The number of ketones is 1. The minimum Gasteiger partial charge on any atom is -0.357 e. The molecule has 0 radical (unpaired) electrons. The maximum atomic E-state index is 13.8. The van der Waals surface area contributed by atoms with Crippen LogP contribution in [0.25, 0.3) is 0 Å². The Morgan fingerprint density at radius 2 is 1.78 bits per heavy atom. The van der Waals surface area contributed by atoms with Gasteiger partial charge in [0.05, 0.1) is 22.3 Å². The van der Waals surface area contributed by atoms with Gasteiger partial charge in [0.15, 0.2) is 10.9 Å². The van der Waals surface area contributed by atoms with Gasteiger partial charge in [0.25, 0.3) is 5.69 Å². The fourth-order valence-electron chi connectivity index (χ4n) is 5.04. The Kier molecular flexibility index (Phi) is 6.05. The summed E-state index contributed by atoms with van der Waals surface area (Å²) in [5, 5.41) is 18.9. The van der Waals surface area contributed by atoms with Crippen LogP contribution in [0.3, 0.4) is 0 Å². The third-order valence-electron chi connectivity index (χ3n) is 6.54. The third kappa shape index (κ3) is 4.47. The highest BCUT2D eigenvalue weighted by Gasteiger charge is 2.42. The highest BCUT2D eigenvalue weighted by molar-refractivity contribution is 7.80. The number of nitrogens with zero attached hydrogens (tertiary/aromatic N) is 2. The Balaban J connectivity index is 1.75. The van der Waals surface area contributed by atoms with Crippen molar-refractivity contribution in [3.63, 3.8) is 0 Å². The predicted octanol–water partition coefficient (Wildman–Crippen LogP) is 6.61. The summed E-state index contributed by atoms with van der Waals surface area (Å²) in [6.07, 6.45) is 1.04. The predicted molar refractivity (Wildman–Crippen MR) is 146 cm³/mol. The Bertz CT molecular complexity index is 1400. The van der Waals surface area contributed by atoms with E-state index in [1.165, 1.54) is 12.1 Å². The van der Waals surface area contributed by atoms with Crippen LogP contribution in [0.4, 0.5) is 22.7 Å². The van der Waals surface area contributed by atoms with Gasteiger partial charge in [-0.3, -0.25) is 14.9 Å². The van der Waals surface area contributed by atoms with E-state index in [4.69, 9.17) is 12.2 Å². The molecule has 182 valence electrons. The maximum Gasteiger partial charge on any atom is 0.269 e. The molecular formula is C28H26N4O3S. The number of Topliss-reactive ketones (excluding diaryl/α,β-unsaturated/α-hetero) is 1. The van der Waals surface area contributed by atoms with Crippen LogP contribution in [0, 0.1) is 15.5 Å². The lowest BCUT2D eigenvalue weighted by Gasteiger charge is -2.38. The molecule has 3 aromatic rings. The number of para-hydroxylation sites is 3. The van der Waals surface area contributed by atoms with Crippen LogP contribution in [0.1, 0.15) is 38.3 Å². The zero-order chi connectivity index (χ0) is 25.4. The first-order valence-electron chi connectivity index (χ1n) is 11.8. The van der Waals surface area contributed by atoms with Crippen LogP contribution in [0.5, 0.6) is 0 Å². The summed E-state index contributed by atoms with van der Waals surface area (Å²) in [7, 11) is 0. The van der Waals surface area contributed by atoms with E-state index in [-0.39, 0.29) is 16.9 Å². The monoisotopic (exact) mass is 498 g/mol. The van der Waals surface area contributed by atoms with Crippen molar-refractivity contribution < 1.29 is 9.72 Å². The van der Waals surface area contributed by atoms with Crippen LogP contribution in [-0.2, 0) is 4.79 Å². The molecule has 8 heteroatoms. The summed E-state index contributed by atoms with van der Waals surface area (Å²) in [5.41, 5.74) is 4.19. The number of non-ortho nitro benzene ring substituents is 1. The molecule has 0 spiro atoms. The van der Waals surface area contributed by atoms with E-state index in [1.807, 2.05) is 65.6 Å². The minimum atomic E-state index is -0.650. The van der Waals surface area contributed by atoms with Gasteiger partial charge >= 0.3 is 0 Å². The fourth-order valence-corrected chi connectivity index (χ4v) is 5.36. The lowest BCUT2D eigenvalue weighted by atomic mass is 9.73. The number of thiocarbonyl (C=S) groups is 1. The second-order valence-electron chi connectivity index (χ2n) is 9.90. The van der Waals surface area contributed by atoms with Gasteiger partial charge in [-0.25, -0.2) is 0 Å². The number of nitrogens with one attached hydrogen (secondary N) is 2. The van der Waals surface area contributed by atoms with Crippen molar-refractivity contribution in [1.82, 2.24) is 0 Å². The van der Waals surface area contributed by atoms with Gasteiger partial charge in [0, 0.05) is 35.5 Å². The summed E-state index contributed by atoms with van der Waals surface area (Å²) in [4.78, 5) is 26.9. The normalized spacial score (nSPS) is 18.4. The van der Waals surface area contributed by atoms with Gasteiger partial charge in [-0.15, -0.1) is 0 Å². The number of nitro benzene ring substituents is 1. The second-order valence-corrected chi connectivity index (χ2v) is 10.3. The highest BCUT2D eigenvalue weighted by Crippen LogP contribution is 2.48. The number of carbonyl (C=O) groups is 1. The Hall–Kier alpha value is -4.04. The van der Waals surface area contributed by atoms with Crippen molar-refractivity contribution in [3.8, 4) is 0 Å². The van der Waals surface area contributed by atoms with Crippen LogP contribution in [0.15, 0.2) is 90.1 Å². The summed E-state index contributed by atoms with van der Waals surface area (Å²) in [6, 6.07) is 23.1. The van der Waals surface area contributed by atoms with E-state index >= 15 is 0 Å². The number of nitro groups is 1. The Morgan fingerprint density at radius 3 is 2.53 bits per heavy atom. The molecule has 5 rings (SSSR count). The fraction of sp³-hybridized carbons (Fsp3) is 0.214. The SMILES string of the molecule is CC1(C)CC(=O)C2=C(C1)Nc1ccccc1N(C(=S)Nc1ccccc1)[C@@H]2c1cccc([N+](=O)[O-])c1. The van der Waals surface area contributed by atoms with Crippen LogP contribution in [-0.4, -0.2) is 15.8 Å². The molecule has 1 aliphatic heterocycles. The van der Waals surface area contributed by atoms with Crippen molar-refractivity contribution in [2.45, 2.75) is 32.7 Å². The number of hydrogen-bond donors (Lipinski definition) is 2. The first kappa shape index (κ1) is 23.7. The molecule has 36 heavy (non-hydrogen) atoms. The number of benzene rings is 3. The van der Waals surface area contributed by atoms with Crippen LogP contribution < -0.4 is 15.5 Å². The molecule has 0 saturated carbocycles. The molecule has 1 heterocycles. The lowest BCUT2D eigenvalue weighted by Crippen LogP contribution is -2.41. The molecular weight excluding hydrogens is 472 g/mol. The van der Waals surface area contributed by atoms with Crippen LogP contribution >= 0.6 is 12.2 Å². The molecule has 0 amide bonds. The summed E-state index contributed by atoms with van der Waals surface area (Å²) in [6.45, 7) is 4.16. The molecule has 0 bridgehead atoms. The van der Waals surface area contributed by atoms with Gasteiger partial charge in [-0.1, -0.05) is 56.3 Å². The van der Waals surface area contributed by atoms with E-state index in [1.54, 1.807) is 6.07 Å². The number of rotatable bonds is 3. The Labute approximate surface area is 215 Å². The van der Waals surface area contributed by atoms with E-state index in [0.29, 0.717) is 29.1 Å². The molecule has 2 aliphatic rings. The van der Waals surface area contributed by atoms with E-state index < -0.39 is 11.0 Å². The van der Waals surface area contributed by atoms with Gasteiger partial charge in [-0.2, -0.15) is 0 Å². The molecule has 0 saturated heterocycles. The van der Waals surface area contributed by atoms with E-state index in [0.717, 1.165) is 22.8 Å². The van der Waals surface area contributed by atoms with Gasteiger partial charge in [0.2, 0.25) is 0 Å². The average Bonchev–Trinajstić information content (AvgIpc) is 2.98. The van der Waals surface area contributed by atoms with Gasteiger partial charge < -0.3 is 15.5 Å².